The molecule has 0 bridgehead atoms. The number of nitrogens with zero attached hydrogens (tertiary/aromatic N) is 2. The third-order valence-corrected chi connectivity index (χ3v) is 3.82. The predicted molar refractivity (Wildman–Crippen MR) is 72.8 cm³/mol. The average molecular weight is 282 g/mol. The van der Waals surface area contributed by atoms with Crippen LogP contribution in [0.25, 0.3) is 0 Å². The van der Waals surface area contributed by atoms with Crippen LogP contribution in [0.3, 0.4) is 0 Å². The number of benzene rings is 1. The fraction of sp³-hybridized carbons (Fsp3) is 0.571. The van der Waals surface area contributed by atoms with Crippen LogP contribution >= 0.6 is 0 Å². The van der Waals surface area contributed by atoms with Gasteiger partial charge in [0.2, 0.25) is 5.82 Å². The van der Waals surface area contributed by atoms with Crippen LogP contribution < -0.4 is 0 Å². The summed E-state index contributed by atoms with van der Waals surface area (Å²) >= 11 is 0. The normalized spacial score (nSPS) is 15.3. The van der Waals surface area contributed by atoms with Crippen molar-refractivity contribution in [3.05, 3.63) is 39.7 Å². The van der Waals surface area contributed by atoms with Crippen molar-refractivity contribution in [3.63, 3.8) is 0 Å². The first-order valence-electron chi connectivity index (χ1n) is 6.90. The third kappa shape index (κ3) is 3.32. The Kier molecular flexibility index (Phi) is 5.03. The highest BCUT2D eigenvalue weighted by molar-refractivity contribution is 5.36. The molecule has 1 aromatic carbocycles. The van der Waals surface area contributed by atoms with E-state index in [-0.39, 0.29) is 6.61 Å². The van der Waals surface area contributed by atoms with Gasteiger partial charge < -0.3 is 5.11 Å². The summed E-state index contributed by atoms with van der Waals surface area (Å²) in [5.74, 6) is -0.745. The Morgan fingerprint density at radius 3 is 2.75 bits per heavy atom. The van der Waals surface area contributed by atoms with Gasteiger partial charge in [0.05, 0.1) is 4.92 Å². The maximum Gasteiger partial charge on any atom is 0.305 e. The number of nitro groups is 1. The topological polar surface area (TPSA) is 66.6 Å². The summed E-state index contributed by atoms with van der Waals surface area (Å²) in [5, 5.41) is 19.7. The maximum atomic E-state index is 14.1. The van der Waals surface area contributed by atoms with Crippen LogP contribution in [0.2, 0.25) is 0 Å². The summed E-state index contributed by atoms with van der Waals surface area (Å²) < 4.78 is 14.1. The van der Waals surface area contributed by atoms with Crippen LogP contribution in [0, 0.1) is 15.9 Å². The number of aliphatic hydroxyl groups is 1. The number of aliphatic hydroxyl groups excluding tert-OH is 1. The summed E-state index contributed by atoms with van der Waals surface area (Å²) in [6.45, 7) is 1.14. The molecule has 20 heavy (non-hydrogen) atoms. The SMILES string of the molecule is O=[N+]([O-])c1cccc(CN(CCCO)C2CCC2)c1F. The summed E-state index contributed by atoms with van der Waals surface area (Å²) in [5.41, 5.74) is -0.123. The second kappa shape index (κ2) is 6.76. The highest BCUT2D eigenvalue weighted by Crippen LogP contribution is 2.28. The van der Waals surface area contributed by atoms with Crippen molar-refractivity contribution < 1.29 is 14.4 Å². The lowest BCUT2D eigenvalue weighted by molar-refractivity contribution is -0.387. The molecular formula is C14H19FN2O3. The van der Waals surface area contributed by atoms with Crippen molar-refractivity contribution in [1.29, 1.82) is 0 Å². The smallest absolute Gasteiger partial charge is 0.305 e. The van der Waals surface area contributed by atoms with Gasteiger partial charge in [-0.05, 0) is 19.3 Å². The molecule has 110 valence electrons. The maximum absolute atomic E-state index is 14.1. The molecule has 1 saturated carbocycles. The minimum absolute atomic E-state index is 0.0979. The van der Waals surface area contributed by atoms with Gasteiger partial charge in [-0.15, -0.1) is 0 Å². The number of halogens is 1. The van der Waals surface area contributed by atoms with Crippen molar-refractivity contribution >= 4 is 5.69 Å². The van der Waals surface area contributed by atoms with E-state index in [1.807, 2.05) is 0 Å². The van der Waals surface area contributed by atoms with Gasteiger partial charge in [0, 0.05) is 37.4 Å². The van der Waals surface area contributed by atoms with Gasteiger partial charge in [-0.25, -0.2) is 0 Å². The quantitative estimate of drug-likeness (QED) is 0.616. The first-order chi connectivity index (χ1) is 9.63. The highest BCUT2D eigenvalue weighted by atomic mass is 19.1. The van der Waals surface area contributed by atoms with Crippen molar-refractivity contribution in [2.45, 2.75) is 38.3 Å². The Hall–Kier alpha value is -1.53. The Morgan fingerprint density at radius 2 is 2.20 bits per heavy atom. The van der Waals surface area contributed by atoms with Crippen molar-refractivity contribution in [2.75, 3.05) is 13.2 Å². The van der Waals surface area contributed by atoms with E-state index in [9.17, 15) is 14.5 Å². The molecular weight excluding hydrogens is 263 g/mol. The lowest BCUT2D eigenvalue weighted by Crippen LogP contribution is -2.40. The van der Waals surface area contributed by atoms with E-state index in [0.717, 1.165) is 19.3 Å². The molecule has 0 atom stereocenters. The van der Waals surface area contributed by atoms with Crippen molar-refractivity contribution in [1.82, 2.24) is 4.90 Å². The fourth-order valence-electron chi connectivity index (χ4n) is 2.46. The van der Waals surface area contributed by atoms with E-state index in [1.54, 1.807) is 6.07 Å². The molecule has 0 radical (unpaired) electrons. The monoisotopic (exact) mass is 282 g/mol. The van der Waals surface area contributed by atoms with E-state index in [2.05, 4.69) is 4.90 Å². The minimum Gasteiger partial charge on any atom is -0.396 e. The van der Waals surface area contributed by atoms with E-state index in [1.165, 1.54) is 12.1 Å². The minimum atomic E-state index is -0.745. The average Bonchev–Trinajstić information content (AvgIpc) is 2.35. The number of nitro benzene ring substituents is 1. The Bertz CT molecular complexity index is 477. The molecule has 0 heterocycles. The fourth-order valence-corrected chi connectivity index (χ4v) is 2.46. The Balaban J connectivity index is 2.13. The number of hydrogen-bond acceptors (Lipinski definition) is 4. The first-order valence-corrected chi connectivity index (χ1v) is 6.90. The first kappa shape index (κ1) is 14.9. The zero-order valence-corrected chi connectivity index (χ0v) is 11.3. The number of hydrogen-bond donors (Lipinski definition) is 1. The molecule has 1 aromatic rings. The molecule has 5 nitrogen and oxygen atoms in total. The van der Waals surface area contributed by atoms with E-state index < -0.39 is 16.4 Å². The largest absolute Gasteiger partial charge is 0.396 e. The molecule has 0 unspecified atom stereocenters. The summed E-state index contributed by atoms with van der Waals surface area (Å²) in [4.78, 5) is 12.2. The zero-order valence-electron chi connectivity index (χ0n) is 11.3. The van der Waals surface area contributed by atoms with Crippen LogP contribution in [0.4, 0.5) is 10.1 Å². The van der Waals surface area contributed by atoms with Gasteiger partial charge in [-0.1, -0.05) is 18.6 Å². The van der Waals surface area contributed by atoms with Gasteiger partial charge in [-0.2, -0.15) is 4.39 Å². The lowest BCUT2D eigenvalue weighted by Gasteiger charge is -2.37. The molecule has 0 amide bonds. The van der Waals surface area contributed by atoms with Gasteiger partial charge in [0.15, 0.2) is 0 Å². The van der Waals surface area contributed by atoms with E-state index in [4.69, 9.17) is 5.11 Å². The molecule has 2 rings (SSSR count). The molecule has 1 fully saturated rings. The van der Waals surface area contributed by atoms with Crippen LogP contribution in [-0.2, 0) is 6.54 Å². The molecule has 0 aliphatic heterocycles. The molecule has 0 spiro atoms. The third-order valence-electron chi connectivity index (χ3n) is 3.82. The molecule has 0 saturated heterocycles. The highest BCUT2D eigenvalue weighted by Gasteiger charge is 2.26. The number of rotatable bonds is 7. The molecule has 6 heteroatoms. The molecule has 1 aliphatic carbocycles. The molecule has 0 aromatic heterocycles. The lowest BCUT2D eigenvalue weighted by atomic mass is 9.91. The second-order valence-corrected chi connectivity index (χ2v) is 5.14. The summed E-state index contributed by atoms with van der Waals surface area (Å²) in [6.07, 6.45) is 3.94. The molecule has 1 N–H and O–H groups in total. The van der Waals surface area contributed by atoms with Crippen molar-refractivity contribution in [2.24, 2.45) is 0 Å². The Labute approximate surface area is 117 Å². The van der Waals surface area contributed by atoms with Crippen LogP contribution in [0.1, 0.15) is 31.2 Å². The Morgan fingerprint density at radius 1 is 1.45 bits per heavy atom. The van der Waals surface area contributed by atoms with Crippen molar-refractivity contribution in [3.8, 4) is 0 Å². The van der Waals surface area contributed by atoms with E-state index in [0.29, 0.717) is 31.1 Å². The zero-order chi connectivity index (χ0) is 14.5. The van der Waals surface area contributed by atoms with E-state index >= 15 is 0 Å². The van der Waals surface area contributed by atoms with Gasteiger partial charge >= 0.3 is 5.69 Å². The van der Waals surface area contributed by atoms with Gasteiger partial charge in [-0.3, -0.25) is 15.0 Å². The molecule has 1 aliphatic rings. The standard InChI is InChI=1S/C14H19FN2O3/c15-14-11(4-1-7-13(14)17(19)20)10-16(8-3-9-18)12-5-2-6-12/h1,4,7,12,18H,2-3,5-6,8-10H2. The summed E-state index contributed by atoms with van der Waals surface area (Å²) in [7, 11) is 0. The van der Waals surface area contributed by atoms with Crippen LogP contribution in [0.15, 0.2) is 18.2 Å². The van der Waals surface area contributed by atoms with Crippen LogP contribution in [-0.4, -0.2) is 34.1 Å². The van der Waals surface area contributed by atoms with Gasteiger partial charge in [0.25, 0.3) is 0 Å². The second-order valence-electron chi connectivity index (χ2n) is 5.14. The van der Waals surface area contributed by atoms with Crippen LogP contribution in [0.5, 0.6) is 0 Å². The van der Waals surface area contributed by atoms with Gasteiger partial charge in [0.1, 0.15) is 0 Å². The predicted octanol–water partition coefficient (Wildman–Crippen LogP) is 2.47. The summed E-state index contributed by atoms with van der Waals surface area (Å²) in [6, 6.07) is 4.69.